The van der Waals surface area contributed by atoms with Crippen LogP contribution in [0.5, 0.6) is 0 Å². The van der Waals surface area contributed by atoms with E-state index in [9.17, 15) is 0 Å². The molecule has 146 valence electrons. The Balaban J connectivity index is 0.00000261. The van der Waals surface area contributed by atoms with Crippen LogP contribution in [0.1, 0.15) is 56.1 Å². The van der Waals surface area contributed by atoms with Gasteiger partial charge in [0.1, 0.15) is 11.3 Å². The van der Waals surface area contributed by atoms with Crippen molar-refractivity contribution in [3.05, 3.63) is 52.2 Å². The highest BCUT2D eigenvalue weighted by atomic mass is 127. The van der Waals surface area contributed by atoms with E-state index in [1.165, 1.54) is 0 Å². The summed E-state index contributed by atoms with van der Waals surface area (Å²) in [6.45, 7) is 9.81. The number of rotatable bonds is 6. The standard InChI is InChI=1S/C20H26N4OS.HI/c1-5-21-20(22-11-16-12-26-19(24-16)13(2)3)23-14(4)18-10-15-8-6-7-9-17(15)25-18;/h6-10,12-14H,5,11H2,1-4H3,(H2,21,22,23);1H. The fourth-order valence-electron chi connectivity index (χ4n) is 2.63. The Morgan fingerprint density at radius 3 is 2.70 bits per heavy atom. The SMILES string of the molecule is CCNC(=NCc1csc(C(C)C)n1)NC(C)c1cc2ccccc2o1.I. The van der Waals surface area contributed by atoms with Crippen molar-refractivity contribution in [2.45, 2.75) is 46.2 Å². The summed E-state index contributed by atoms with van der Waals surface area (Å²) in [5, 5.41) is 11.1. The van der Waals surface area contributed by atoms with E-state index in [1.807, 2.05) is 18.2 Å². The van der Waals surface area contributed by atoms with Gasteiger partial charge >= 0.3 is 0 Å². The summed E-state index contributed by atoms with van der Waals surface area (Å²) in [6, 6.07) is 10.1. The summed E-state index contributed by atoms with van der Waals surface area (Å²) in [6.07, 6.45) is 0. The second-order valence-electron chi connectivity index (χ2n) is 6.58. The fraction of sp³-hybridized carbons (Fsp3) is 0.400. The number of nitrogens with one attached hydrogen (secondary N) is 2. The molecule has 3 rings (SSSR count). The molecule has 0 aliphatic carbocycles. The normalized spacial score (nSPS) is 12.9. The van der Waals surface area contributed by atoms with E-state index < -0.39 is 0 Å². The van der Waals surface area contributed by atoms with Crippen LogP contribution in [0.2, 0.25) is 0 Å². The summed E-state index contributed by atoms with van der Waals surface area (Å²) in [5.41, 5.74) is 1.91. The number of para-hydroxylation sites is 1. The topological polar surface area (TPSA) is 62.5 Å². The molecule has 0 saturated heterocycles. The average molecular weight is 498 g/mol. The van der Waals surface area contributed by atoms with Gasteiger partial charge < -0.3 is 15.1 Å². The van der Waals surface area contributed by atoms with E-state index >= 15 is 0 Å². The lowest BCUT2D eigenvalue weighted by atomic mass is 10.2. The quantitative estimate of drug-likeness (QED) is 0.270. The fourth-order valence-corrected chi connectivity index (χ4v) is 3.46. The minimum absolute atomic E-state index is 0. The van der Waals surface area contributed by atoms with E-state index in [-0.39, 0.29) is 30.0 Å². The molecule has 0 radical (unpaired) electrons. The van der Waals surface area contributed by atoms with Crippen molar-refractivity contribution in [2.24, 2.45) is 4.99 Å². The van der Waals surface area contributed by atoms with Crippen molar-refractivity contribution in [3.63, 3.8) is 0 Å². The van der Waals surface area contributed by atoms with Crippen LogP contribution in [-0.2, 0) is 6.54 Å². The number of benzene rings is 1. The molecule has 2 aromatic heterocycles. The molecule has 1 atom stereocenters. The lowest BCUT2D eigenvalue weighted by Gasteiger charge is -2.15. The van der Waals surface area contributed by atoms with E-state index in [4.69, 9.17) is 4.42 Å². The molecular weight excluding hydrogens is 471 g/mol. The van der Waals surface area contributed by atoms with Crippen molar-refractivity contribution >= 4 is 52.2 Å². The molecular formula is C20H27IN4OS. The summed E-state index contributed by atoms with van der Waals surface area (Å²) in [4.78, 5) is 9.32. The molecule has 0 saturated carbocycles. The molecule has 0 aliphatic rings. The third kappa shape index (κ3) is 5.68. The maximum atomic E-state index is 5.95. The first-order valence-corrected chi connectivity index (χ1v) is 9.92. The predicted molar refractivity (Wildman–Crippen MR) is 124 cm³/mol. The third-order valence-electron chi connectivity index (χ3n) is 4.03. The van der Waals surface area contributed by atoms with E-state index in [0.29, 0.717) is 12.5 Å². The molecule has 7 heteroatoms. The van der Waals surface area contributed by atoms with Gasteiger partial charge in [0.05, 0.1) is 23.3 Å². The summed E-state index contributed by atoms with van der Waals surface area (Å²) in [7, 11) is 0. The molecule has 0 fully saturated rings. The Hall–Kier alpha value is -1.61. The number of aliphatic imine (C=N–C) groups is 1. The van der Waals surface area contributed by atoms with E-state index in [2.05, 4.69) is 65.8 Å². The highest BCUT2D eigenvalue weighted by molar-refractivity contribution is 14.0. The van der Waals surface area contributed by atoms with Crippen LogP contribution in [0.3, 0.4) is 0 Å². The van der Waals surface area contributed by atoms with Gasteiger partial charge in [-0.3, -0.25) is 0 Å². The molecule has 5 nitrogen and oxygen atoms in total. The molecule has 2 N–H and O–H groups in total. The summed E-state index contributed by atoms with van der Waals surface area (Å²) < 4.78 is 5.95. The summed E-state index contributed by atoms with van der Waals surface area (Å²) >= 11 is 1.70. The number of furan rings is 1. The number of hydrogen-bond acceptors (Lipinski definition) is 4. The van der Waals surface area contributed by atoms with Crippen LogP contribution in [-0.4, -0.2) is 17.5 Å². The zero-order chi connectivity index (χ0) is 18.5. The Morgan fingerprint density at radius 2 is 2.04 bits per heavy atom. The lowest BCUT2D eigenvalue weighted by molar-refractivity contribution is 0.488. The molecule has 1 aromatic carbocycles. The van der Waals surface area contributed by atoms with Gasteiger partial charge in [-0.05, 0) is 26.0 Å². The molecule has 1 unspecified atom stereocenters. The zero-order valence-electron chi connectivity index (χ0n) is 16.2. The van der Waals surface area contributed by atoms with Gasteiger partial charge in [0, 0.05) is 23.2 Å². The first-order valence-electron chi connectivity index (χ1n) is 9.04. The third-order valence-corrected chi connectivity index (χ3v) is 5.23. The van der Waals surface area contributed by atoms with E-state index in [0.717, 1.165) is 39.9 Å². The van der Waals surface area contributed by atoms with Gasteiger partial charge in [-0.15, -0.1) is 35.3 Å². The Morgan fingerprint density at radius 1 is 1.26 bits per heavy atom. The molecule has 27 heavy (non-hydrogen) atoms. The van der Waals surface area contributed by atoms with Crippen molar-refractivity contribution in [2.75, 3.05) is 6.54 Å². The van der Waals surface area contributed by atoms with Crippen LogP contribution in [0.15, 0.2) is 45.1 Å². The minimum atomic E-state index is 0. The number of guanidine groups is 1. The van der Waals surface area contributed by atoms with Gasteiger partial charge in [0.15, 0.2) is 5.96 Å². The van der Waals surface area contributed by atoms with Crippen molar-refractivity contribution in [1.29, 1.82) is 0 Å². The number of halogens is 1. The first-order chi connectivity index (χ1) is 12.6. The van der Waals surface area contributed by atoms with Crippen molar-refractivity contribution in [1.82, 2.24) is 15.6 Å². The molecule has 0 amide bonds. The minimum Gasteiger partial charge on any atom is -0.459 e. The average Bonchev–Trinajstić information content (AvgIpc) is 3.26. The number of fused-ring (bicyclic) bond motifs is 1. The van der Waals surface area contributed by atoms with Crippen LogP contribution in [0.4, 0.5) is 0 Å². The second kappa shape index (κ2) is 10.1. The first kappa shape index (κ1) is 21.7. The maximum absolute atomic E-state index is 5.95. The Bertz CT molecular complexity index is 854. The van der Waals surface area contributed by atoms with Gasteiger partial charge in [0.25, 0.3) is 0 Å². The smallest absolute Gasteiger partial charge is 0.192 e. The van der Waals surface area contributed by atoms with Gasteiger partial charge in [-0.1, -0.05) is 32.0 Å². The highest BCUT2D eigenvalue weighted by Gasteiger charge is 2.13. The van der Waals surface area contributed by atoms with Gasteiger partial charge in [-0.25, -0.2) is 9.98 Å². The highest BCUT2D eigenvalue weighted by Crippen LogP contribution is 2.23. The molecule has 3 aromatic rings. The van der Waals surface area contributed by atoms with Crippen LogP contribution >= 0.6 is 35.3 Å². The Labute approximate surface area is 181 Å². The maximum Gasteiger partial charge on any atom is 0.192 e. The van der Waals surface area contributed by atoms with Gasteiger partial charge in [0.2, 0.25) is 0 Å². The number of hydrogen-bond donors (Lipinski definition) is 2. The van der Waals surface area contributed by atoms with Crippen molar-refractivity contribution in [3.8, 4) is 0 Å². The van der Waals surface area contributed by atoms with Crippen LogP contribution < -0.4 is 10.6 Å². The molecule has 2 heterocycles. The molecule has 0 aliphatic heterocycles. The van der Waals surface area contributed by atoms with E-state index in [1.54, 1.807) is 11.3 Å². The zero-order valence-corrected chi connectivity index (χ0v) is 19.3. The molecule has 0 spiro atoms. The largest absolute Gasteiger partial charge is 0.459 e. The number of aromatic nitrogens is 1. The molecule has 0 bridgehead atoms. The van der Waals surface area contributed by atoms with Crippen LogP contribution in [0.25, 0.3) is 11.0 Å². The second-order valence-corrected chi connectivity index (χ2v) is 7.47. The van der Waals surface area contributed by atoms with Gasteiger partial charge in [-0.2, -0.15) is 0 Å². The lowest BCUT2D eigenvalue weighted by Crippen LogP contribution is -2.38. The van der Waals surface area contributed by atoms with Crippen molar-refractivity contribution < 1.29 is 4.42 Å². The predicted octanol–water partition coefficient (Wildman–Crippen LogP) is 5.45. The monoisotopic (exact) mass is 498 g/mol. The van der Waals surface area contributed by atoms with Crippen LogP contribution in [0, 0.1) is 0 Å². The number of thiazole rings is 1. The Kier molecular flexibility index (Phi) is 8.09. The summed E-state index contributed by atoms with van der Waals surface area (Å²) in [5.74, 6) is 2.12. The number of nitrogens with zero attached hydrogens (tertiary/aromatic N) is 2.